The van der Waals surface area contributed by atoms with Crippen molar-refractivity contribution < 1.29 is 5.11 Å². The summed E-state index contributed by atoms with van der Waals surface area (Å²) in [6, 6.07) is 11.6. The molecule has 1 saturated heterocycles. The van der Waals surface area contributed by atoms with Crippen LogP contribution in [0.4, 0.5) is 0 Å². The van der Waals surface area contributed by atoms with Crippen molar-refractivity contribution in [1.82, 2.24) is 10.2 Å². The van der Waals surface area contributed by atoms with Crippen LogP contribution in [0.15, 0.2) is 35.7 Å². The van der Waals surface area contributed by atoms with E-state index in [4.69, 9.17) is 5.26 Å². The Balaban J connectivity index is 0.00000132. The molecule has 3 rings (SSSR count). The Labute approximate surface area is 152 Å². The molecule has 0 unspecified atom stereocenters. The summed E-state index contributed by atoms with van der Waals surface area (Å²) < 4.78 is 0. The number of hydrogen-bond donors (Lipinski definition) is 2. The van der Waals surface area contributed by atoms with Gasteiger partial charge >= 0.3 is 0 Å². The lowest BCUT2D eigenvalue weighted by Crippen LogP contribution is -2.45. The minimum absolute atomic E-state index is 0. The number of phenolic OH excluding ortho intramolecular Hbond substituents is 1. The number of piperazine rings is 1. The number of nitrogens with one attached hydrogen (secondary N) is 1. The van der Waals surface area contributed by atoms with Crippen LogP contribution in [0.2, 0.25) is 0 Å². The molecule has 0 aliphatic carbocycles. The Morgan fingerprint density at radius 2 is 1.91 bits per heavy atom. The van der Waals surface area contributed by atoms with Gasteiger partial charge in [0.25, 0.3) is 0 Å². The van der Waals surface area contributed by atoms with Crippen molar-refractivity contribution in [3.8, 4) is 11.8 Å². The van der Waals surface area contributed by atoms with Gasteiger partial charge in [-0.15, -0.1) is 36.2 Å². The number of nitriles is 1. The Morgan fingerprint density at radius 1 is 1.17 bits per heavy atom. The van der Waals surface area contributed by atoms with Gasteiger partial charge in [-0.3, -0.25) is 4.90 Å². The van der Waals surface area contributed by atoms with Gasteiger partial charge in [-0.05, 0) is 17.5 Å². The van der Waals surface area contributed by atoms with Crippen LogP contribution in [-0.2, 0) is 0 Å². The molecule has 7 heteroatoms. The van der Waals surface area contributed by atoms with Crippen LogP contribution in [0, 0.1) is 11.3 Å². The summed E-state index contributed by atoms with van der Waals surface area (Å²) in [6.45, 7) is 3.75. The van der Waals surface area contributed by atoms with E-state index in [0.717, 1.165) is 31.7 Å². The van der Waals surface area contributed by atoms with E-state index in [1.54, 1.807) is 17.4 Å². The molecule has 1 atom stereocenters. The van der Waals surface area contributed by atoms with Gasteiger partial charge in [0.05, 0.1) is 11.6 Å². The van der Waals surface area contributed by atoms with Crippen molar-refractivity contribution in [3.05, 3.63) is 51.7 Å². The minimum atomic E-state index is 0. The summed E-state index contributed by atoms with van der Waals surface area (Å²) in [5.41, 5.74) is 1.16. The quantitative estimate of drug-likeness (QED) is 0.869. The Morgan fingerprint density at radius 3 is 2.52 bits per heavy atom. The molecule has 0 bridgehead atoms. The maximum atomic E-state index is 10.4. The number of thiophene rings is 1. The molecule has 1 aliphatic heterocycles. The van der Waals surface area contributed by atoms with E-state index in [1.807, 2.05) is 18.2 Å². The van der Waals surface area contributed by atoms with Gasteiger partial charge in [-0.25, -0.2) is 0 Å². The number of phenols is 1. The fraction of sp³-hybridized carbons (Fsp3) is 0.312. The van der Waals surface area contributed by atoms with Gasteiger partial charge in [0.1, 0.15) is 11.8 Å². The van der Waals surface area contributed by atoms with Crippen LogP contribution < -0.4 is 5.32 Å². The smallest absolute Gasteiger partial charge is 0.138 e. The molecule has 2 N–H and O–H groups in total. The maximum Gasteiger partial charge on any atom is 0.138 e. The molecular formula is C16H19Cl2N3OS. The third kappa shape index (κ3) is 4.17. The Kier molecular flexibility index (Phi) is 7.83. The second-order valence-electron chi connectivity index (χ2n) is 5.06. The molecule has 23 heavy (non-hydrogen) atoms. The van der Waals surface area contributed by atoms with Crippen LogP contribution >= 0.6 is 36.2 Å². The predicted molar refractivity (Wildman–Crippen MR) is 97.9 cm³/mol. The zero-order valence-electron chi connectivity index (χ0n) is 12.4. The first kappa shape index (κ1) is 19.8. The largest absolute Gasteiger partial charge is 0.506 e. The molecule has 0 amide bonds. The molecule has 2 heterocycles. The zero-order valence-corrected chi connectivity index (χ0v) is 14.9. The molecule has 2 aromatic rings. The van der Waals surface area contributed by atoms with Crippen LogP contribution in [0.25, 0.3) is 0 Å². The average Bonchev–Trinajstić information content (AvgIpc) is 3.04. The van der Waals surface area contributed by atoms with Gasteiger partial charge in [-0.1, -0.05) is 18.2 Å². The highest BCUT2D eigenvalue weighted by Crippen LogP contribution is 2.37. The molecule has 4 nitrogen and oxygen atoms in total. The number of hydrogen-bond acceptors (Lipinski definition) is 5. The monoisotopic (exact) mass is 371 g/mol. The molecule has 0 radical (unpaired) electrons. The normalized spacial score (nSPS) is 15.8. The summed E-state index contributed by atoms with van der Waals surface area (Å²) in [7, 11) is 0. The number of nitrogens with zero attached hydrogens (tertiary/aromatic N) is 2. The molecule has 1 aromatic heterocycles. The molecule has 124 valence electrons. The highest BCUT2D eigenvalue weighted by Gasteiger charge is 2.27. The standard InChI is InChI=1S/C16H17N3OS.2ClH/c17-11-12-3-1-4-13(16(12)20)15(14-5-2-10-21-14)19-8-6-18-7-9-19;;/h1-5,10,15,18,20H,6-9H2;2*1H/t15-;;/m1../s1. The van der Waals surface area contributed by atoms with Crippen molar-refractivity contribution in [2.45, 2.75) is 6.04 Å². The highest BCUT2D eigenvalue weighted by molar-refractivity contribution is 7.10. The van der Waals surface area contributed by atoms with E-state index in [0.29, 0.717) is 5.56 Å². The molecular weight excluding hydrogens is 353 g/mol. The van der Waals surface area contributed by atoms with Crippen LogP contribution in [0.1, 0.15) is 22.0 Å². The maximum absolute atomic E-state index is 10.4. The summed E-state index contributed by atoms with van der Waals surface area (Å²) >= 11 is 1.69. The summed E-state index contributed by atoms with van der Waals surface area (Å²) in [4.78, 5) is 3.56. The van der Waals surface area contributed by atoms with Crippen molar-refractivity contribution in [1.29, 1.82) is 5.26 Å². The van der Waals surface area contributed by atoms with Crippen LogP contribution in [0.5, 0.6) is 5.75 Å². The molecule has 0 saturated carbocycles. The number of benzene rings is 1. The Hall–Kier alpha value is -1.29. The molecule has 1 aromatic carbocycles. The molecule has 1 aliphatic rings. The zero-order chi connectivity index (χ0) is 14.7. The third-order valence-electron chi connectivity index (χ3n) is 3.81. The van der Waals surface area contributed by atoms with Crippen molar-refractivity contribution in [2.24, 2.45) is 0 Å². The van der Waals surface area contributed by atoms with E-state index in [-0.39, 0.29) is 36.6 Å². The predicted octanol–water partition coefficient (Wildman–Crippen LogP) is 3.16. The average molecular weight is 372 g/mol. The van der Waals surface area contributed by atoms with E-state index >= 15 is 0 Å². The van der Waals surface area contributed by atoms with Crippen molar-refractivity contribution >= 4 is 36.2 Å². The van der Waals surface area contributed by atoms with Crippen LogP contribution in [-0.4, -0.2) is 36.2 Å². The van der Waals surface area contributed by atoms with Gasteiger partial charge < -0.3 is 10.4 Å². The minimum Gasteiger partial charge on any atom is -0.506 e. The number of para-hydroxylation sites is 1. The number of aromatic hydroxyl groups is 1. The number of halogens is 2. The van der Waals surface area contributed by atoms with Gasteiger partial charge in [0.2, 0.25) is 0 Å². The van der Waals surface area contributed by atoms with Gasteiger partial charge in [0, 0.05) is 36.6 Å². The third-order valence-corrected chi connectivity index (χ3v) is 4.74. The molecule has 0 spiro atoms. The summed E-state index contributed by atoms with van der Waals surface area (Å²) in [6.07, 6.45) is 0. The first-order valence-electron chi connectivity index (χ1n) is 7.01. The van der Waals surface area contributed by atoms with E-state index < -0.39 is 0 Å². The SMILES string of the molecule is Cl.Cl.N#Cc1cccc([C@H](c2cccs2)N2CCNCC2)c1O. The molecule has 1 fully saturated rings. The van der Waals surface area contributed by atoms with Gasteiger partial charge in [0.15, 0.2) is 0 Å². The topological polar surface area (TPSA) is 59.3 Å². The lowest BCUT2D eigenvalue weighted by Gasteiger charge is -2.35. The first-order valence-corrected chi connectivity index (χ1v) is 7.89. The van der Waals surface area contributed by atoms with Crippen LogP contribution in [0.3, 0.4) is 0 Å². The van der Waals surface area contributed by atoms with E-state index in [9.17, 15) is 5.11 Å². The summed E-state index contributed by atoms with van der Waals surface area (Å²) in [5, 5.41) is 25.0. The Bertz CT molecular complexity index is 652. The lowest BCUT2D eigenvalue weighted by atomic mass is 9.99. The second kappa shape index (κ2) is 9.11. The van der Waals surface area contributed by atoms with E-state index in [1.165, 1.54) is 4.88 Å². The fourth-order valence-electron chi connectivity index (χ4n) is 2.79. The number of rotatable bonds is 3. The van der Waals surface area contributed by atoms with Gasteiger partial charge in [-0.2, -0.15) is 5.26 Å². The van der Waals surface area contributed by atoms with Crippen molar-refractivity contribution in [2.75, 3.05) is 26.2 Å². The second-order valence-corrected chi connectivity index (χ2v) is 6.04. The fourth-order valence-corrected chi connectivity index (χ4v) is 3.67. The first-order chi connectivity index (χ1) is 10.3. The summed E-state index contributed by atoms with van der Waals surface area (Å²) in [5.74, 6) is 0.108. The highest BCUT2D eigenvalue weighted by atomic mass is 35.5. The lowest BCUT2D eigenvalue weighted by molar-refractivity contribution is 0.198. The van der Waals surface area contributed by atoms with E-state index in [2.05, 4.69) is 27.7 Å². The van der Waals surface area contributed by atoms with Crippen molar-refractivity contribution in [3.63, 3.8) is 0 Å².